The van der Waals surface area contributed by atoms with Gasteiger partial charge in [-0.1, -0.05) is 44.2 Å². The highest BCUT2D eigenvalue weighted by Gasteiger charge is 2.23. The summed E-state index contributed by atoms with van der Waals surface area (Å²) in [5.41, 5.74) is 1.20. The zero-order chi connectivity index (χ0) is 24.5. The number of hydrogen-bond donors (Lipinski definition) is 7. The predicted molar refractivity (Wildman–Crippen MR) is 131 cm³/mol. The van der Waals surface area contributed by atoms with Gasteiger partial charge in [-0.15, -0.1) is 0 Å². The molecule has 0 aromatic heterocycles. The number of hydrogen-bond acceptors (Lipinski definition) is 7. The second kappa shape index (κ2) is 12.5. The Hall–Kier alpha value is -2.97. The zero-order valence-corrected chi connectivity index (χ0v) is 19.8. The Kier molecular flexibility index (Phi) is 9.42. The van der Waals surface area contributed by atoms with Gasteiger partial charge in [0.2, 0.25) is 0 Å². The van der Waals surface area contributed by atoms with E-state index >= 15 is 0 Å². The number of aromatic hydroxyl groups is 4. The summed E-state index contributed by atoms with van der Waals surface area (Å²) in [6, 6.07) is 9.49. The molecule has 0 aliphatic heterocycles. The number of benzene rings is 2. The Labute approximate surface area is 201 Å². The lowest BCUT2D eigenvalue weighted by molar-refractivity contribution is 0.0926. The minimum Gasteiger partial charge on any atom is -0.508 e. The van der Waals surface area contributed by atoms with Crippen molar-refractivity contribution in [2.75, 3.05) is 20.1 Å². The predicted octanol–water partition coefficient (Wildman–Crippen LogP) is 3.00. The minimum absolute atomic E-state index is 0.0947. The van der Waals surface area contributed by atoms with Gasteiger partial charge in [0.05, 0.1) is 0 Å². The van der Waals surface area contributed by atoms with Crippen molar-refractivity contribution in [1.29, 1.82) is 0 Å². The Bertz CT molecular complexity index is 906. The van der Waals surface area contributed by atoms with Crippen LogP contribution in [0.2, 0.25) is 0 Å². The van der Waals surface area contributed by atoms with E-state index in [0.717, 1.165) is 49.9 Å². The van der Waals surface area contributed by atoms with Crippen LogP contribution in [0.5, 0.6) is 23.0 Å². The first-order valence-electron chi connectivity index (χ1n) is 12.1. The topological polar surface area (TPSA) is 134 Å². The molecule has 0 saturated heterocycles. The Morgan fingerprint density at radius 1 is 0.941 bits per heavy atom. The molecule has 34 heavy (non-hydrogen) atoms. The van der Waals surface area contributed by atoms with Crippen molar-refractivity contribution in [1.82, 2.24) is 16.0 Å². The molecule has 1 amide bonds. The number of carbonyl (C=O) groups excluding carboxylic acids is 1. The molecule has 0 radical (unpaired) electrons. The van der Waals surface area contributed by atoms with E-state index in [9.17, 15) is 25.2 Å². The number of nitrogens with one attached hydrogen (secondary N) is 3. The summed E-state index contributed by atoms with van der Waals surface area (Å²) in [6.45, 7) is 1.31. The monoisotopic (exact) mass is 471 g/mol. The second-order valence-electron chi connectivity index (χ2n) is 9.31. The lowest BCUT2D eigenvalue weighted by Gasteiger charge is -2.29. The fourth-order valence-corrected chi connectivity index (χ4v) is 4.71. The van der Waals surface area contributed by atoms with Crippen molar-refractivity contribution >= 4 is 5.91 Å². The summed E-state index contributed by atoms with van der Waals surface area (Å²) < 4.78 is 0. The van der Waals surface area contributed by atoms with E-state index in [2.05, 4.69) is 16.0 Å². The largest absolute Gasteiger partial charge is 0.508 e. The molecule has 1 aliphatic carbocycles. The molecule has 3 rings (SSSR count). The lowest BCUT2D eigenvalue weighted by Crippen LogP contribution is -2.48. The van der Waals surface area contributed by atoms with E-state index in [4.69, 9.17) is 0 Å². The normalized spacial score (nSPS) is 16.1. The zero-order valence-electron chi connectivity index (χ0n) is 19.8. The van der Waals surface area contributed by atoms with Gasteiger partial charge in [0.1, 0.15) is 5.75 Å². The van der Waals surface area contributed by atoms with E-state index in [1.807, 2.05) is 19.2 Å². The molecule has 0 spiro atoms. The van der Waals surface area contributed by atoms with Crippen molar-refractivity contribution in [3.63, 3.8) is 0 Å². The van der Waals surface area contributed by atoms with E-state index in [1.54, 1.807) is 12.1 Å². The van der Waals surface area contributed by atoms with Crippen molar-refractivity contribution in [2.24, 2.45) is 5.92 Å². The minimum atomic E-state index is -0.638. The molecule has 2 aromatic carbocycles. The molecule has 1 fully saturated rings. The van der Waals surface area contributed by atoms with Crippen molar-refractivity contribution in [2.45, 2.75) is 57.0 Å². The summed E-state index contributed by atoms with van der Waals surface area (Å²) >= 11 is 0. The van der Waals surface area contributed by atoms with Gasteiger partial charge in [-0.3, -0.25) is 4.79 Å². The molecule has 1 saturated carbocycles. The maximum absolute atomic E-state index is 12.9. The van der Waals surface area contributed by atoms with E-state index in [0.29, 0.717) is 12.5 Å². The van der Waals surface area contributed by atoms with Crippen LogP contribution in [0.4, 0.5) is 0 Å². The van der Waals surface area contributed by atoms with Crippen LogP contribution in [0.1, 0.15) is 54.4 Å². The average molecular weight is 472 g/mol. The maximum atomic E-state index is 12.9. The summed E-state index contributed by atoms with van der Waals surface area (Å²) in [7, 11) is 1.90. The molecule has 2 aromatic rings. The third-order valence-electron chi connectivity index (χ3n) is 6.53. The molecule has 7 N–H and O–H groups in total. The first kappa shape index (κ1) is 25.6. The molecular weight excluding hydrogens is 434 g/mol. The number of likely N-dealkylation sites (N-methyl/N-ethyl adjacent to an activating group) is 1. The molecule has 0 unspecified atom stereocenters. The van der Waals surface area contributed by atoms with Crippen LogP contribution >= 0.6 is 0 Å². The van der Waals surface area contributed by atoms with Crippen molar-refractivity contribution in [3.8, 4) is 23.0 Å². The fourth-order valence-electron chi connectivity index (χ4n) is 4.71. The van der Waals surface area contributed by atoms with Gasteiger partial charge in [0, 0.05) is 30.7 Å². The highest BCUT2D eigenvalue weighted by atomic mass is 16.3. The standard InChI is InChI=1S/C26H37N3O5/c1-27-15-20(11-18-7-9-22(30)10-8-18)28-16-21(12-17-5-3-2-4-6-17)29-26(34)19-13-23(31)25(33)24(32)14-19/h7-10,13-14,17,20-21,27-28,30-33H,2-6,11-12,15-16H2,1H3,(H,29,34)/t20-,21+/m0/s1. The fraction of sp³-hybridized carbons (Fsp3) is 0.500. The lowest BCUT2D eigenvalue weighted by atomic mass is 9.84. The van der Waals surface area contributed by atoms with Gasteiger partial charge in [-0.05, 0) is 55.6 Å². The Balaban J connectivity index is 1.68. The first-order chi connectivity index (χ1) is 16.4. The van der Waals surface area contributed by atoms with E-state index in [1.165, 1.54) is 19.3 Å². The smallest absolute Gasteiger partial charge is 0.251 e. The molecule has 8 heteroatoms. The summed E-state index contributed by atoms with van der Waals surface area (Å²) in [6.07, 6.45) is 7.60. The Morgan fingerprint density at radius 3 is 2.21 bits per heavy atom. The molecule has 186 valence electrons. The van der Waals surface area contributed by atoms with Gasteiger partial charge in [-0.2, -0.15) is 0 Å². The van der Waals surface area contributed by atoms with Crippen molar-refractivity contribution in [3.05, 3.63) is 47.5 Å². The number of phenolic OH excluding ortho intramolecular Hbond substituents is 4. The van der Waals surface area contributed by atoms with E-state index in [-0.39, 0.29) is 23.4 Å². The molecule has 2 atom stereocenters. The SMILES string of the molecule is CNC[C@H](Cc1ccc(O)cc1)NC[C@@H](CC1CCCCC1)NC(=O)c1cc(O)c(O)c(O)c1. The number of phenols is 4. The van der Waals surface area contributed by atoms with Gasteiger partial charge in [0.15, 0.2) is 17.2 Å². The van der Waals surface area contributed by atoms with Gasteiger partial charge in [0.25, 0.3) is 5.91 Å². The van der Waals surface area contributed by atoms with Crippen LogP contribution in [0, 0.1) is 5.92 Å². The van der Waals surface area contributed by atoms with Crippen LogP contribution in [-0.4, -0.2) is 58.6 Å². The number of amides is 1. The third kappa shape index (κ3) is 7.53. The molecule has 8 nitrogen and oxygen atoms in total. The summed E-state index contributed by atoms with van der Waals surface area (Å²) in [4.78, 5) is 12.9. The van der Waals surface area contributed by atoms with Crippen LogP contribution in [0.15, 0.2) is 36.4 Å². The molecule has 0 bridgehead atoms. The Morgan fingerprint density at radius 2 is 1.59 bits per heavy atom. The molecule has 1 aliphatic rings. The maximum Gasteiger partial charge on any atom is 0.251 e. The highest BCUT2D eigenvalue weighted by Crippen LogP contribution is 2.35. The summed E-state index contributed by atoms with van der Waals surface area (Å²) in [5, 5.41) is 48.6. The average Bonchev–Trinajstić information content (AvgIpc) is 2.82. The van der Waals surface area contributed by atoms with E-state index < -0.39 is 23.2 Å². The van der Waals surface area contributed by atoms with Gasteiger partial charge in [-0.25, -0.2) is 0 Å². The molecular formula is C26H37N3O5. The van der Waals surface area contributed by atoms with Crippen LogP contribution in [0.3, 0.4) is 0 Å². The number of carbonyl (C=O) groups is 1. The van der Waals surface area contributed by atoms with Gasteiger partial charge < -0.3 is 36.4 Å². The first-order valence-corrected chi connectivity index (χ1v) is 12.1. The van der Waals surface area contributed by atoms with Crippen LogP contribution in [-0.2, 0) is 6.42 Å². The molecule has 0 heterocycles. The highest BCUT2D eigenvalue weighted by molar-refractivity contribution is 5.95. The summed E-state index contributed by atoms with van der Waals surface area (Å²) in [5.74, 6) is -1.33. The quantitative estimate of drug-likeness (QED) is 0.251. The van der Waals surface area contributed by atoms with Crippen LogP contribution in [0.25, 0.3) is 0 Å². The second-order valence-corrected chi connectivity index (χ2v) is 9.31. The number of rotatable bonds is 11. The van der Waals surface area contributed by atoms with Gasteiger partial charge >= 0.3 is 0 Å². The van der Waals surface area contributed by atoms with Crippen molar-refractivity contribution < 1.29 is 25.2 Å². The third-order valence-corrected chi connectivity index (χ3v) is 6.53. The van der Waals surface area contributed by atoms with Crippen LogP contribution < -0.4 is 16.0 Å².